The van der Waals surface area contributed by atoms with Crippen LogP contribution in [0.15, 0.2) is 28.7 Å². The molecule has 1 nitrogen and oxygen atoms in total. The standard InChI is InChI=1S/C16H23BrO/c1-15(2)7-4-8-16(18,10-9-15)12-13-5-3-6-14(17)11-13/h3,5-6,11,18H,4,7-10,12H2,1-2H3. The third kappa shape index (κ3) is 3.83. The van der Waals surface area contributed by atoms with Gasteiger partial charge in [-0.2, -0.15) is 0 Å². The fourth-order valence-corrected chi connectivity index (χ4v) is 3.37. The molecule has 1 aliphatic rings. The van der Waals surface area contributed by atoms with E-state index in [1.54, 1.807) is 0 Å². The van der Waals surface area contributed by atoms with E-state index < -0.39 is 5.60 Å². The van der Waals surface area contributed by atoms with Crippen molar-refractivity contribution in [2.75, 3.05) is 0 Å². The molecule has 0 aromatic heterocycles. The molecule has 0 bridgehead atoms. The van der Waals surface area contributed by atoms with Gasteiger partial charge in [-0.3, -0.25) is 0 Å². The van der Waals surface area contributed by atoms with Crippen molar-refractivity contribution in [2.24, 2.45) is 5.41 Å². The molecule has 1 unspecified atom stereocenters. The second-order valence-electron chi connectivity index (χ2n) is 6.55. The van der Waals surface area contributed by atoms with Gasteiger partial charge in [-0.1, -0.05) is 48.3 Å². The first-order chi connectivity index (χ1) is 8.39. The van der Waals surface area contributed by atoms with E-state index in [0.717, 1.165) is 36.6 Å². The van der Waals surface area contributed by atoms with Gasteiger partial charge in [0.2, 0.25) is 0 Å². The zero-order valence-electron chi connectivity index (χ0n) is 11.4. The SMILES string of the molecule is CC1(C)CCCC(O)(Cc2cccc(Br)c2)CC1. The van der Waals surface area contributed by atoms with Crippen LogP contribution in [0, 0.1) is 5.41 Å². The second-order valence-corrected chi connectivity index (χ2v) is 7.46. The van der Waals surface area contributed by atoms with Gasteiger partial charge in [0.05, 0.1) is 5.60 Å². The molecule has 1 aromatic carbocycles. The number of rotatable bonds is 2. The van der Waals surface area contributed by atoms with Gasteiger partial charge in [-0.05, 0) is 48.8 Å². The molecule has 0 aliphatic heterocycles. The van der Waals surface area contributed by atoms with Crippen LogP contribution in [0.3, 0.4) is 0 Å². The summed E-state index contributed by atoms with van der Waals surface area (Å²) in [7, 11) is 0. The fraction of sp³-hybridized carbons (Fsp3) is 0.625. The van der Waals surface area contributed by atoms with Crippen LogP contribution in [0.5, 0.6) is 0 Å². The lowest BCUT2D eigenvalue weighted by Gasteiger charge is -2.28. The van der Waals surface area contributed by atoms with Crippen molar-refractivity contribution < 1.29 is 5.11 Å². The summed E-state index contributed by atoms with van der Waals surface area (Å²) in [6.45, 7) is 4.63. The highest BCUT2D eigenvalue weighted by Crippen LogP contribution is 2.39. The van der Waals surface area contributed by atoms with Crippen molar-refractivity contribution in [1.29, 1.82) is 0 Å². The molecule has 1 aliphatic carbocycles. The normalized spacial score (nSPS) is 27.8. The number of hydrogen-bond donors (Lipinski definition) is 1. The molecule has 0 amide bonds. The number of halogens is 1. The summed E-state index contributed by atoms with van der Waals surface area (Å²) in [5.74, 6) is 0. The highest BCUT2D eigenvalue weighted by molar-refractivity contribution is 9.10. The van der Waals surface area contributed by atoms with Crippen molar-refractivity contribution in [3.63, 3.8) is 0 Å². The van der Waals surface area contributed by atoms with E-state index in [-0.39, 0.29) is 0 Å². The van der Waals surface area contributed by atoms with Gasteiger partial charge in [0.1, 0.15) is 0 Å². The maximum Gasteiger partial charge on any atom is 0.0688 e. The van der Waals surface area contributed by atoms with Gasteiger partial charge in [-0.15, -0.1) is 0 Å². The fourth-order valence-electron chi connectivity index (χ4n) is 2.92. The largest absolute Gasteiger partial charge is 0.390 e. The highest BCUT2D eigenvalue weighted by Gasteiger charge is 2.33. The van der Waals surface area contributed by atoms with E-state index in [9.17, 15) is 5.11 Å². The Morgan fingerprint density at radius 3 is 2.67 bits per heavy atom. The molecule has 100 valence electrons. The lowest BCUT2D eigenvalue weighted by molar-refractivity contribution is 0.0226. The summed E-state index contributed by atoms with van der Waals surface area (Å²) >= 11 is 3.50. The third-order valence-corrected chi connectivity index (χ3v) is 4.68. The molecule has 0 spiro atoms. The molecule has 1 N–H and O–H groups in total. The third-order valence-electron chi connectivity index (χ3n) is 4.19. The maximum atomic E-state index is 10.8. The van der Waals surface area contributed by atoms with Crippen LogP contribution < -0.4 is 0 Å². The molecule has 1 aromatic rings. The van der Waals surface area contributed by atoms with Crippen LogP contribution in [0.4, 0.5) is 0 Å². The first-order valence-corrected chi connectivity index (χ1v) is 7.65. The van der Waals surface area contributed by atoms with E-state index in [2.05, 4.69) is 41.9 Å². The molecule has 0 saturated heterocycles. The van der Waals surface area contributed by atoms with Gasteiger partial charge in [-0.25, -0.2) is 0 Å². The summed E-state index contributed by atoms with van der Waals surface area (Å²) in [6.07, 6.45) is 6.13. The van der Waals surface area contributed by atoms with Gasteiger partial charge in [0.15, 0.2) is 0 Å². The van der Waals surface area contributed by atoms with Crippen LogP contribution in [0.2, 0.25) is 0 Å². The lowest BCUT2D eigenvalue weighted by Crippen LogP contribution is -2.31. The lowest BCUT2D eigenvalue weighted by atomic mass is 9.83. The minimum atomic E-state index is -0.505. The van der Waals surface area contributed by atoms with Crippen molar-refractivity contribution >= 4 is 15.9 Å². The molecular weight excluding hydrogens is 288 g/mol. The minimum absolute atomic E-state index is 0.391. The topological polar surface area (TPSA) is 20.2 Å². The zero-order valence-corrected chi connectivity index (χ0v) is 13.0. The first kappa shape index (κ1) is 14.1. The van der Waals surface area contributed by atoms with E-state index in [1.165, 1.54) is 12.0 Å². The average Bonchev–Trinajstić information content (AvgIpc) is 2.38. The maximum absolute atomic E-state index is 10.8. The van der Waals surface area contributed by atoms with Crippen molar-refractivity contribution in [1.82, 2.24) is 0 Å². The summed E-state index contributed by atoms with van der Waals surface area (Å²) < 4.78 is 1.09. The predicted octanol–water partition coefficient (Wildman–Crippen LogP) is 4.71. The molecule has 0 radical (unpaired) electrons. The molecular formula is C16H23BrO. The highest BCUT2D eigenvalue weighted by atomic mass is 79.9. The summed E-state index contributed by atoms with van der Waals surface area (Å²) in [4.78, 5) is 0. The van der Waals surface area contributed by atoms with Crippen LogP contribution >= 0.6 is 15.9 Å². The Morgan fingerprint density at radius 1 is 1.17 bits per heavy atom. The Morgan fingerprint density at radius 2 is 1.94 bits per heavy atom. The molecule has 18 heavy (non-hydrogen) atoms. The second kappa shape index (κ2) is 5.34. The smallest absolute Gasteiger partial charge is 0.0688 e. The zero-order chi connectivity index (χ0) is 13.2. The number of aliphatic hydroxyl groups is 1. The predicted molar refractivity (Wildman–Crippen MR) is 79.7 cm³/mol. The summed E-state index contributed by atoms with van der Waals surface area (Å²) in [6, 6.07) is 8.31. The monoisotopic (exact) mass is 310 g/mol. The summed E-state index contributed by atoms with van der Waals surface area (Å²) in [5, 5.41) is 10.8. The Kier molecular flexibility index (Phi) is 4.18. The molecule has 1 atom stereocenters. The number of benzene rings is 1. The Bertz CT molecular complexity index is 413. The molecule has 2 heteroatoms. The first-order valence-electron chi connectivity index (χ1n) is 6.86. The van der Waals surface area contributed by atoms with Crippen LogP contribution in [-0.2, 0) is 6.42 Å². The number of hydrogen-bond acceptors (Lipinski definition) is 1. The van der Waals surface area contributed by atoms with E-state index >= 15 is 0 Å². The average molecular weight is 311 g/mol. The van der Waals surface area contributed by atoms with Gasteiger partial charge in [0.25, 0.3) is 0 Å². The van der Waals surface area contributed by atoms with Gasteiger partial charge < -0.3 is 5.11 Å². The van der Waals surface area contributed by atoms with Crippen molar-refractivity contribution in [3.05, 3.63) is 34.3 Å². The molecule has 1 fully saturated rings. The van der Waals surface area contributed by atoms with Crippen molar-refractivity contribution in [3.8, 4) is 0 Å². The minimum Gasteiger partial charge on any atom is -0.390 e. The van der Waals surface area contributed by atoms with Crippen LogP contribution in [0.1, 0.15) is 51.5 Å². The van der Waals surface area contributed by atoms with E-state index in [4.69, 9.17) is 0 Å². The Balaban J connectivity index is 2.07. The van der Waals surface area contributed by atoms with E-state index in [1.807, 2.05) is 12.1 Å². The molecule has 1 saturated carbocycles. The Hall–Kier alpha value is -0.340. The van der Waals surface area contributed by atoms with Crippen molar-refractivity contribution in [2.45, 2.75) is 58.0 Å². The summed E-state index contributed by atoms with van der Waals surface area (Å²) in [5.41, 5.74) is 1.11. The van der Waals surface area contributed by atoms with Crippen LogP contribution in [-0.4, -0.2) is 10.7 Å². The molecule has 0 heterocycles. The quantitative estimate of drug-likeness (QED) is 0.784. The van der Waals surface area contributed by atoms with Gasteiger partial charge in [0, 0.05) is 10.9 Å². The van der Waals surface area contributed by atoms with Gasteiger partial charge >= 0.3 is 0 Å². The Labute approximate surface area is 119 Å². The van der Waals surface area contributed by atoms with Crippen LogP contribution in [0.25, 0.3) is 0 Å². The molecule has 2 rings (SSSR count). The van der Waals surface area contributed by atoms with E-state index in [0.29, 0.717) is 5.41 Å².